The first-order valence-corrected chi connectivity index (χ1v) is 6.72. The van der Waals surface area contributed by atoms with Gasteiger partial charge in [0.05, 0.1) is 23.9 Å². The molecule has 0 aliphatic heterocycles. The number of aromatic hydroxyl groups is 2. The molecule has 2 rings (SSSR count). The van der Waals surface area contributed by atoms with Crippen molar-refractivity contribution in [3.63, 3.8) is 0 Å². The van der Waals surface area contributed by atoms with Crippen molar-refractivity contribution in [1.82, 2.24) is 0 Å². The fraction of sp³-hybridized carbons (Fsp3) is 0.250. The Kier molecular flexibility index (Phi) is 4.52. The van der Waals surface area contributed by atoms with Crippen molar-refractivity contribution in [2.75, 3.05) is 11.9 Å². The number of halogens is 1. The number of phenols is 2. The van der Waals surface area contributed by atoms with Gasteiger partial charge in [0.2, 0.25) is 0 Å². The smallest absolute Gasteiger partial charge is 0.145 e. The molecule has 2 aromatic rings. The highest BCUT2D eigenvalue weighted by atomic mass is 19.1. The molecular weight excluding hydrogens is 273 g/mol. The number of anilines is 1. The Morgan fingerprint density at radius 1 is 1.19 bits per heavy atom. The molecule has 2 aromatic carbocycles. The maximum atomic E-state index is 13.3. The van der Waals surface area contributed by atoms with Crippen molar-refractivity contribution in [2.24, 2.45) is 0 Å². The Hall–Kier alpha value is -2.43. The molecule has 5 heteroatoms. The number of phenolic OH excluding ortho intramolecular Hbond substituents is 2. The van der Waals surface area contributed by atoms with E-state index in [1.54, 1.807) is 19.1 Å². The number of ether oxygens (including phenoxy) is 1. The normalized spacial score (nSPS) is 12.0. The zero-order valence-electron chi connectivity index (χ0n) is 11.9. The summed E-state index contributed by atoms with van der Waals surface area (Å²) in [5.74, 6) is -0.00791. The molecule has 0 amide bonds. The molecule has 0 saturated heterocycles. The van der Waals surface area contributed by atoms with E-state index >= 15 is 0 Å². The van der Waals surface area contributed by atoms with E-state index in [4.69, 9.17) is 4.74 Å². The first-order valence-electron chi connectivity index (χ1n) is 6.72. The van der Waals surface area contributed by atoms with E-state index < -0.39 is 0 Å². The minimum atomic E-state index is -0.387. The molecule has 3 N–H and O–H groups in total. The maximum Gasteiger partial charge on any atom is 0.145 e. The Labute approximate surface area is 122 Å². The zero-order chi connectivity index (χ0) is 15.4. The fourth-order valence-electron chi connectivity index (χ4n) is 2.18. The van der Waals surface area contributed by atoms with Crippen molar-refractivity contribution in [3.8, 4) is 17.2 Å². The first kappa shape index (κ1) is 15.0. The van der Waals surface area contributed by atoms with Gasteiger partial charge >= 0.3 is 0 Å². The van der Waals surface area contributed by atoms with Gasteiger partial charge in [-0.25, -0.2) is 4.39 Å². The number of hydrogen-bond donors (Lipinski definition) is 3. The summed E-state index contributed by atoms with van der Waals surface area (Å²) >= 11 is 0. The van der Waals surface area contributed by atoms with Crippen molar-refractivity contribution >= 4 is 5.69 Å². The third kappa shape index (κ3) is 3.37. The van der Waals surface area contributed by atoms with E-state index in [1.807, 2.05) is 6.92 Å². The molecule has 4 nitrogen and oxygen atoms in total. The highest BCUT2D eigenvalue weighted by Crippen LogP contribution is 2.36. The molecule has 0 heterocycles. The maximum absolute atomic E-state index is 13.3. The Morgan fingerprint density at radius 3 is 2.48 bits per heavy atom. The van der Waals surface area contributed by atoms with Crippen LogP contribution in [0.25, 0.3) is 0 Å². The van der Waals surface area contributed by atoms with Gasteiger partial charge < -0.3 is 20.3 Å². The van der Waals surface area contributed by atoms with Crippen LogP contribution in [-0.4, -0.2) is 16.8 Å². The van der Waals surface area contributed by atoms with Gasteiger partial charge in [0.25, 0.3) is 0 Å². The third-order valence-corrected chi connectivity index (χ3v) is 3.11. The molecule has 112 valence electrons. The molecule has 0 aromatic heterocycles. The Morgan fingerprint density at radius 2 is 1.86 bits per heavy atom. The predicted octanol–water partition coefficient (Wildman–Crippen LogP) is 3.81. The monoisotopic (exact) mass is 291 g/mol. The average molecular weight is 291 g/mol. The van der Waals surface area contributed by atoms with Crippen LogP contribution in [0.2, 0.25) is 0 Å². The van der Waals surface area contributed by atoms with Crippen LogP contribution >= 0.6 is 0 Å². The largest absolute Gasteiger partial charge is 0.507 e. The van der Waals surface area contributed by atoms with E-state index in [-0.39, 0.29) is 23.4 Å². The van der Waals surface area contributed by atoms with Gasteiger partial charge in [0.15, 0.2) is 0 Å². The molecule has 1 atom stereocenters. The van der Waals surface area contributed by atoms with E-state index in [1.165, 1.54) is 24.3 Å². The first-order chi connectivity index (χ1) is 10.0. The van der Waals surface area contributed by atoms with Crippen LogP contribution in [0.15, 0.2) is 36.4 Å². The zero-order valence-corrected chi connectivity index (χ0v) is 11.9. The standard InChI is InChI=1S/C16H18FNO3/c1-3-21-15-9-11(17)7-8-12(15)18-10(2)16-13(19)5-4-6-14(16)20/h4-10,18-20H,3H2,1-2H3. The molecule has 1 unspecified atom stereocenters. The SMILES string of the molecule is CCOc1cc(F)ccc1NC(C)c1c(O)cccc1O. The second-order valence-electron chi connectivity index (χ2n) is 4.65. The van der Waals surface area contributed by atoms with Gasteiger partial charge in [0, 0.05) is 6.07 Å². The molecule has 0 fully saturated rings. The average Bonchev–Trinajstić information content (AvgIpc) is 2.42. The van der Waals surface area contributed by atoms with Crippen molar-refractivity contribution in [3.05, 3.63) is 47.8 Å². The van der Waals surface area contributed by atoms with Crippen LogP contribution in [0, 0.1) is 5.82 Å². The molecule has 0 bridgehead atoms. The van der Waals surface area contributed by atoms with E-state index in [2.05, 4.69) is 5.32 Å². The van der Waals surface area contributed by atoms with Gasteiger partial charge in [-0.15, -0.1) is 0 Å². The molecular formula is C16H18FNO3. The summed E-state index contributed by atoms with van der Waals surface area (Å²) in [6, 6.07) is 8.36. The third-order valence-electron chi connectivity index (χ3n) is 3.11. The molecule has 0 radical (unpaired) electrons. The van der Waals surface area contributed by atoms with E-state index in [9.17, 15) is 14.6 Å². The minimum absolute atomic E-state index is 0.00456. The number of benzene rings is 2. The second kappa shape index (κ2) is 6.35. The highest BCUT2D eigenvalue weighted by Gasteiger charge is 2.16. The number of hydrogen-bond acceptors (Lipinski definition) is 4. The van der Waals surface area contributed by atoms with Crippen molar-refractivity contribution in [2.45, 2.75) is 19.9 Å². The van der Waals surface area contributed by atoms with Gasteiger partial charge in [-0.2, -0.15) is 0 Å². The van der Waals surface area contributed by atoms with Crippen molar-refractivity contribution in [1.29, 1.82) is 0 Å². The second-order valence-corrected chi connectivity index (χ2v) is 4.65. The van der Waals surface area contributed by atoms with Crippen LogP contribution in [0.5, 0.6) is 17.2 Å². The van der Waals surface area contributed by atoms with Crippen LogP contribution in [0.4, 0.5) is 10.1 Å². The van der Waals surface area contributed by atoms with Gasteiger partial charge in [-0.1, -0.05) is 6.07 Å². The lowest BCUT2D eigenvalue weighted by Crippen LogP contribution is -2.09. The van der Waals surface area contributed by atoms with Gasteiger partial charge in [-0.05, 0) is 38.1 Å². The topological polar surface area (TPSA) is 61.7 Å². The molecule has 0 saturated carbocycles. The Balaban J connectivity index is 2.29. The lowest BCUT2D eigenvalue weighted by molar-refractivity contribution is 0.339. The van der Waals surface area contributed by atoms with E-state index in [0.29, 0.717) is 23.6 Å². The lowest BCUT2D eigenvalue weighted by Gasteiger charge is -2.20. The molecule has 0 aliphatic rings. The number of nitrogens with one attached hydrogen (secondary N) is 1. The highest BCUT2D eigenvalue weighted by molar-refractivity contribution is 5.59. The summed E-state index contributed by atoms with van der Waals surface area (Å²) in [4.78, 5) is 0. The van der Waals surface area contributed by atoms with Gasteiger partial charge in [0.1, 0.15) is 23.1 Å². The quantitative estimate of drug-likeness (QED) is 0.784. The van der Waals surface area contributed by atoms with E-state index in [0.717, 1.165) is 0 Å². The molecule has 0 aliphatic carbocycles. The molecule has 21 heavy (non-hydrogen) atoms. The number of rotatable bonds is 5. The van der Waals surface area contributed by atoms with Crippen LogP contribution in [-0.2, 0) is 0 Å². The lowest BCUT2D eigenvalue weighted by atomic mass is 10.1. The Bertz CT molecular complexity index is 611. The van der Waals surface area contributed by atoms with Gasteiger partial charge in [-0.3, -0.25) is 0 Å². The minimum Gasteiger partial charge on any atom is -0.507 e. The summed E-state index contributed by atoms with van der Waals surface area (Å²) < 4.78 is 18.7. The fourth-order valence-corrected chi connectivity index (χ4v) is 2.18. The van der Waals surface area contributed by atoms with Crippen LogP contribution < -0.4 is 10.1 Å². The van der Waals surface area contributed by atoms with Crippen molar-refractivity contribution < 1.29 is 19.3 Å². The summed E-state index contributed by atoms with van der Waals surface area (Å²) in [5, 5.41) is 22.8. The summed E-state index contributed by atoms with van der Waals surface area (Å²) in [5.41, 5.74) is 0.970. The molecule has 0 spiro atoms. The predicted molar refractivity (Wildman–Crippen MR) is 79.4 cm³/mol. The summed E-state index contributed by atoms with van der Waals surface area (Å²) in [6.45, 7) is 4.01. The summed E-state index contributed by atoms with van der Waals surface area (Å²) in [6.07, 6.45) is 0. The van der Waals surface area contributed by atoms with Crippen LogP contribution in [0.3, 0.4) is 0 Å². The van der Waals surface area contributed by atoms with Crippen LogP contribution in [0.1, 0.15) is 25.5 Å². The summed E-state index contributed by atoms with van der Waals surface area (Å²) in [7, 11) is 0.